The molecule has 0 radical (unpaired) electrons. The van der Waals surface area contributed by atoms with Crippen LogP contribution in [0.4, 0.5) is 10.1 Å². The van der Waals surface area contributed by atoms with Gasteiger partial charge in [-0.1, -0.05) is 5.16 Å². The maximum Gasteiger partial charge on any atom is 0.338 e. The molecule has 2 rings (SSSR count). The normalized spacial score (nSPS) is 10.3. The van der Waals surface area contributed by atoms with E-state index in [1.807, 2.05) is 0 Å². The second-order valence-electron chi connectivity index (χ2n) is 3.51. The van der Waals surface area contributed by atoms with E-state index in [1.165, 1.54) is 18.5 Å². The maximum absolute atomic E-state index is 13.3. The summed E-state index contributed by atoms with van der Waals surface area (Å²) in [5.74, 6) is -1.58. The molecule has 1 aromatic carbocycles. The number of nitrogens with zero attached hydrogens (tertiary/aromatic N) is 2. The van der Waals surface area contributed by atoms with Gasteiger partial charge >= 0.3 is 5.97 Å². The van der Waals surface area contributed by atoms with Crippen molar-refractivity contribution in [2.45, 2.75) is 6.42 Å². The maximum atomic E-state index is 13.3. The van der Waals surface area contributed by atoms with Crippen LogP contribution in [-0.4, -0.2) is 27.8 Å². The summed E-state index contributed by atoms with van der Waals surface area (Å²) in [5, 5.41) is 15.1. The van der Waals surface area contributed by atoms with E-state index in [2.05, 4.69) is 15.5 Å². The quantitative estimate of drug-likeness (QED) is 0.838. The predicted octanol–water partition coefficient (Wildman–Crippen LogP) is 1.56. The average molecular weight is 251 g/mol. The summed E-state index contributed by atoms with van der Waals surface area (Å²) >= 11 is 0. The van der Waals surface area contributed by atoms with Crippen LogP contribution >= 0.6 is 0 Å². The number of halogens is 1. The Labute approximate surface area is 101 Å². The Morgan fingerprint density at radius 2 is 2.33 bits per heavy atom. The summed E-state index contributed by atoms with van der Waals surface area (Å²) in [6.45, 7) is 0.480. The van der Waals surface area contributed by atoms with Gasteiger partial charge in [-0.3, -0.25) is 0 Å². The highest BCUT2D eigenvalue weighted by atomic mass is 19.1. The van der Waals surface area contributed by atoms with E-state index in [-0.39, 0.29) is 5.56 Å². The smallest absolute Gasteiger partial charge is 0.338 e. The average Bonchev–Trinajstić information content (AvgIpc) is 2.81. The van der Waals surface area contributed by atoms with E-state index >= 15 is 0 Å². The van der Waals surface area contributed by atoms with Gasteiger partial charge in [0.05, 0.1) is 5.56 Å². The van der Waals surface area contributed by atoms with Gasteiger partial charge in [0.1, 0.15) is 5.82 Å². The van der Waals surface area contributed by atoms with Crippen LogP contribution in [0.25, 0.3) is 0 Å². The Kier molecular flexibility index (Phi) is 3.52. The Morgan fingerprint density at radius 3 is 2.94 bits per heavy atom. The number of hydrogen-bond acceptors (Lipinski definition) is 5. The number of benzene rings is 1. The van der Waals surface area contributed by atoms with Crippen molar-refractivity contribution in [3.05, 3.63) is 41.8 Å². The molecular formula is C11H10FN3O3. The number of carboxylic acid groups (broad SMARTS) is 1. The standard InChI is InChI=1S/C11H10FN3O3/c12-9-5-7(1-2-8(9)11(16)17)13-4-3-10-14-6-15-18-10/h1-2,5-6,13H,3-4H2,(H,16,17). The third kappa shape index (κ3) is 2.82. The minimum atomic E-state index is -1.29. The molecule has 0 atom stereocenters. The number of carbonyl (C=O) groups is 1. The largest absolute Gasteiger partial charge is 0.478 e. The van der Waals surface area contributed by atoms with Crippen molar-refractivity contribution in [2.24, 2.45) is 0 Å². The van der Waals surface area contributed by atoms with Gasteiger partial charge in [0.2, 0.25) is 5.89 Å². The Balaban J connectivity index is 1.94. The van der Waals surface area contributed by atoms with E-state index in [4.69, 9.17) is 9.63 Å². The summed E-state index contributed by atoms with van der Waals surface area (Å²) in [6, 6.07) is 3.85. The Morgan fingerprint density at radius 1 is 1.50 bits per heavy atom. The summed E-state index contributed by atoms with van der Waals surface area (Å²) in [5.41, 5.74) is 0.148. The molecule has 0 saturated carbocycles. The van der Waals surface area contributed by atoms with Crippen molar-refractivity contribution in [1.82, 2.24) is 10.1 Å². The highest BCUT2D eigenvalue weighted by Gasteiger charge is 2.10. The number of nitrogens with one attached hydrogen (secondary N) is 1. The molecule has 7 heteroatoms. The second-order valence-corrected chi connectivity index (χ2v) is 3.51. The molecule has 0 spiro atoms. The highest BCUT2D eigenvalue weighted by Crippen LogP contribution is 2.14. The fraction of sp³-hybridized carbons (Fsp3) is 0.182. The lowest BCUT2D eigenvalue weighted by atomic mass is 10.2. The van der Waals surface area contributed by atoms with Crippen molar-refractivity contribution in [3.63, 3.8) is 0 Å². The molecular weight excluding hydrogens is 241 g/mol. The first-order valence-electron chi connectivity index (χ1n) is 5.19. The van der Waals surface area contributed by atoms with E-state index in [0.29, 0.717) is 24.5 Å². The number of hydrogen-bond donors (Lipinski definition) is 2. The lowest BCUT2D eigenvalue weighted by molar-refractivity contribution is 0.0692. The lowest BCUT2D eigenvalue weighted by Crippen LogP contribution is -2.07. The molecule has 0 amide bonds. The van der Waals surface area contributed by atoms with Crippen molar-refractivity contribution in [1.29, 1.82) is 0 Å². The van der Waals surface area contributed by atoms with Crippen LogP contribution in [0.5, 0.6) is 0 Å². The number of anilines is 1. The molecule has 0 bridgehead atoms. The summed E-state index contributed by atoms with van der Waals surface area (Å²) in [7, 11) is 0. The molecule has 0 saturated heterocycles. The van der Waals surface area contributed by atoms with Gasteiger partial charge in [-0.15, -0.1) is 0 Å². The zero-order valence-corrected chi connectivity index (χ0v) is 9.26. The molecule has 94 valence electrons. The zero-order valence-electron chi connectivity index (χ0n) is 9.26. The van der Waals surface area contributed by atoms with E-state index in [9.17, 15) is 9.18 Å². The highest BCUT2D eigenvalue weighted by molar-refractivity contribution is 5.88. The van der Waals surface area contributed by atoms with Gasteiger partial charge < -0.3 is 14.9 Å². The van der Waals surface area contributed by atoms with Crippen LogP contribution in [0, 0.1) is 5.82 Å². The lowest BCUT2D eigenvalue weighted by Gasteiger charge is -2.05. The van der Waals surface area contributed by atoms with Gasteiger partial charge in [0.15, 0.2) is 6.33 Å². The van der Waals surface area contributed by atoms with Gasteiger partial charge in [-0.2, -0.15) is 4.98 Å². The summed E-state index contributed by atoms with van der Waals surface area (Å²) in [4.78, 5) is 14.4. The Bertz CT molecular complexity index is 542. The van der Waals surface area contributed by atoms with Crippen LogP contribution in [0.1, 0.15) is 16.2 Å². The number of aromatic nitrogens is 2. The Hall–Kier alpha value is -2.44. The van der Waals surface area contributed by atoms with Crippen LogP contribution < -0.4 is 5.32 Å². The molecule has 1 heterocycles. The van der Waals surface area contributed by atoms with E-state index in [1.54, 1.807) is 0 Å². The minimum absolute atomic E-state index is 0.350. The molecule has 18 heavy (non-hydrogen) atoms. The zero-order chi connectivity index (χ0) is 13.0. The topological polar surface area (TPSA) is 88.2 Å². The van der Waals surface area contributed by atoms with E-state index < -0.39 is 11.8 Å². The number of aromatic carboxylic acids is 1. The van der Waals surface area contributed by atoms with Gasteiger partial charge in [0, 0.05) is 18.7 Å². The third-order valence-electron chi connectivity index (χ3n) is 2.27. The van der Waals surface area contributed by atoms with Crippen LogP contribution in [0.2, 0.25) is 0 Å². The van der Waals surface area contributed by atoms with Crippen molar-refractivity contribution < 1.29 is 18.8 Å². The van der Waals surface area contributed by atoms with Crippen molar-refractivity contribution >= 4 is 11.7 Å². The molecule has 2 N–H and O–H groups in total. The fourth-order valence-corrected chi connectivity index (χ4v) is 1.42. The first-order valence-corrected chi connectivity index (χ1v) is 5.19. The molecule has 0 fully saturated rings. The van der Waals surface area contributed by atoms with Gasteiger partial charge in [-0.25, -0.2) is 9.18 Å². The minimum Gasteiger partial charge on any atom is -0.478 e. The van der Waals surface area contributed by atoms with Crippen LogP contribution in [-0.2, 0) is 6.42 Å². The number of carboxylic acids is 1. The van der Waals surface area contributed by atoms with Crippen LogP contribution in [0.3, 0.4) is 0 Å². The SMILES string of the molecule is O=C(O)c1ccc(NCCc2ncno2)cc1F. The third-order valence-corrected chi connectivity index (χ3v) is 2.27. The van der Waals surface area contributed by atoms with Gasteiger partial charge in [0.25, 0.3) is 0 Å². The first-order chi connectivity index (χ1) is 8.66. The number of rotatable bonds is 5. The van der Waals surface area contributed by atoms with Crippen molar-refractivity contribution in [2.75, 3.05) is 11.9 Å². The van der Waals surface area contributed by atoms with E-state index in [0.717, 1.165) is 6.07 Å². The summed E-state index contributed by atoms with van der Waals surface area (Å²) in [6.07, 6.45) is 1.80. The van der Waals surface area contributed by atoms with Gasteiger partial charge in [-0.05, 0) is 18.2 Å². The molecule has 1 aromatic heterocycles. The second kappa shape index (κ2) is 5.26. The molecule has 2 aromatic rings. The molecule has 6 nitrogen and oxygen atoms in total. The molecule has 0 unspecified atom stereocenters. The summed E-state index contributed by atoms with van der Waals surface area (Å²) < 4.78 is 18.1. The molecule has 0 aliphatic rings. The fourth-order valence-electron chi connectivity index (χ4n) is 1.42. The van der Waals surface area contributed by atoms with Crippen molar-refractivity contribution in [3.8, 4) is 0 Å². The molecule has 0 aliphatic carbocycles. The van der Waals surface area contributed by atoms with Crippen LogP contribution in [0.15, 0.2) is 29.0 Å². The first kappa shape index (κ1) is 12.0. The molecule has 0 aliphatic heterocycles. The predicted molar refractivity (Wildman–Crippen MR) is 59.9 cm³/mol. The monoisotopic (exact) mass is 251 g/mol.